The van der Waals surface area contributed by atoms with Crippen LogP contribution in [0.2, 0.25) is 5.02 Å². The molecule has 3 N–H and O–H groups in total. The van der Waals surface area contributed by atoms with Gasteiger partial charge in [-0.05, 0) is 107 Å². The molecular formula is C24H14Br4ClN3O4S2. The smallest absolute Gasteiger partial charge is 0.337 e. The zero-order chi connectivity index (χ0) is 27.7. The van der Waals surface area contributed by atoms with Gasteiger partial charge in [-0.15, -0.1) is 11.3 Å². The predicted octanol–water partition coefficient (Wildman–Crippen LogP) is 8.99. The molecule has 1 aromatic heterocycles. The van der Waals surface area contributed by atoms with Crippen molar-refractivity contribution in [3.05, 3.63) is 76.0 Å². The Morgan fingerprint density at radius 3 is 2.24 bits per heavy atom. The number of amides is 2. The highest BCUT2D eigenvalue weighted by Crippen LogP contribution is 2.42. The molecule has 7 nitrogen and oxygen atoms in total. The number of benzene rings is 3. The Balaban J connectivity index is 1.49. The molecule has 14 heteroatoms. The molecule has 3 aromatic carbocycles. The number of aromatic nitrogens is 1. The number of fused-ring (bicyclic) bond motifs is 1. The molecule has 0 spiro atoms. The molecule has 4 aromatic rings. The van der Waals surface area contributed by atoms with Gasteiger partial charge in [0.05, 0.1) is 27.1 Å². The third-order valence-electron chi connectivity index (χ3n) is 5.12. The van der Waals surface area contributed by atoms with Gasteiger partial charge < -0.3 is 15.7 Å². The number of thiazole rings is 1. The van der Waals surface area contributed by atoms with Crippen LogP contribution >= 0.6 is 98.4 Å². The van der Waals surface area contributed by atoms with Gasteiger partial charge in [-0.3, -0.25) is 9.59 Å². The van der Waals surface area contributed by atoms with Crippen molar-refractivity contribution in [2.45, 2.75) is 11.3 Å². The van der Waals surface area contributed by atoms with E-state index in [9.17, 15) is 19.5 Å². The van der Waals surface area contributed by atoms with Gasteiger partial charge in [0.1, 0.15) is 0 Å². The number of hydrogen-bond acceptors (Lipinski definition) is 6. The zero-order valence-electron chi connectivity index (χ0n) is 19.0. The summed E-state index contributed by atoms with van der Waals surface area (Å²) in [5, 5.41) is 15.9. The Labute approximate surface area is 263 Å². The van der Waals surface area contributed by atoms with E-state index >= 15 is 0 Å². The number of thioether (sulfide) groups is 1. The highest BCUT2D eigenvalue weighted by Gasteiger charge is 2.28. The van der Waals surface area contributed by atoms with Crippen LogP contribution in [0.25, 0.3) is 10.2 Å². The van der Waals surface area contributed by atoms with Crippen LogP contribution in [-0.4, -0.2) is 33.6 Å². The van der Waals surface area contributed by atoms with Gasteiger partial charge in [0.25, 0.3) is 5.91 Å². The first kappa shape index (κ1) is 29.5. The van der Waals surface area contributed by atoms with Crippen LogP contribution in [0.3, 0.4) is 0 Å². The first-order chi connectivity index (χ1) is 18.0. The number of carboxylic acids is 1. The van der Waals surface area contributed by atoms with Crippen molar-refractivity contribution < 1.29 is 19.5 Å². The minimum Gasteiger partial charge on any atom is -0.478 e. The number of carboxylic acid groups (broad SMARTS) is 1. The molecule has 0 saturated heterocycles. The summed E-state index contributed by atoms with van der Waals surface area (Å²) in [6.45, 7) is 1.89. The van der Waals surface area contributed by atoms with E-state index in [1.807, 2.05) is 13.0 Å². The van der Waals surface area contributed by atoms with E-state index in [1.54, 1.807) is 30.3 Å². The van der Waals surface area contributed by atoms with Crippen molar-refractivity contribution in [3.63, 3.8) is 0 Å². The molecule has 0 unspecified atom stereocenters. The number of anilines is 2. The van der Waals surface area contributed by atoms with Crippen LogP contribution in [0.5, 0.6) is 0 Å². The van der Waals surface area contributed by atoms with Gasteiger partial charge in [0.2, 0.25) is 5.91 Å². The van der Waals surface area contributed by atoms with Crippen LogP contribution in [0, 0.1) is 6.92 Å². The van der Waals surface area contributed by atoms with Gasteiger partial charge in [0.15, 0.2) is 4.34 Å². The summed E-state index contributed by atoms with van der Waals surface area (Å²) in [6.07, 6.45) is 0. The van der Waals surface area contributed by atoms with E-state index in [4.69, 9.17) is 11.6 Å². The maximum absolute atomic E-state index is 13.2. The maximum Gasteiger partial charge on any atom is 0.337 e. The summed E-state index contributed by atoms with van der Waals surface area (Å²) in [7, 11) is 0. The van der Waals surface area contributed by atoms with Crippen LogP contribution < -0.4 is 10.6 Å². The van der Waals surface area contributed by atoms with E-state index in [2.05, 4.69) is 79.3 Å². The molecule has 1 heterocycles. The molecule has 0 aliphatic heterocycles. The Morgan fingerprint density at radius 1 is 0.947 bits per heavy atom. The lowest BCUT2D eigenvalue weighted by atomic mass is 10.1. The highest BCUT2D eigenvalue weighted by atomic mass is 79.9. The normalized spacial score (nSPS) is 11.0. The third kappa shape index (κ3) is 6.45. The molecule has 0 bridgehead atoms. The number of rotatable bonds is 7. The quantitative estimate of drug-likeness (QED) is 0.0976. The fourth-order valence-corrected chi connectivity index (χ4v) is 7.83. The molecule has 0 fully saturated rings. The van der Waals surface area contributed by atoms with E-state index in [-0.39, 0.29) is 27.3 Å². The number of aryl methyl sites for hydroxylation is 1. The van der Waals surface area contributed by atoms with Crippen LogP contribution in [0.4, 0.5) is 11.4 Å². The Hall–Kier alpha value is -1.48. The number of carbonyl (C=O) groups excluding carboxylic acids is 2. The molecule has 2 amide bonds. The van der Waals surface area contributed by atoms with Gasteiger partial charge in [-0.2, -0.15) is 0 Å². The lowest BCUT2D eigenvalue weighted by Gasteiger charge is -2.14. The third-order valence-corrected chi connectivity index (χ3v) is 12.5. The first-order valence-electron chi connectivity index (χ1n) is 10.5. The first-order valence-corrected chi connectivity index (χ1v) is 15.8. The Morgan fingerprint density at radius 2 is 1.58 bits per heavy atom. The summed E-state index contributed by atoms with van der Waals surface area (Å²) < 4.78 is 2.98. The fraction of sp³-hybridized carbons (Fsp3) is 0.0833. The second kappa shape index (κ2) is 12.4. The molecule has 0 radical (unpaired) electrons. The lowest BCUT2D eigenvalue weighted by Crippen LogP contribution is -2.18. The zero-order valence-corrected chi connectivity index (χ0v) is 27.7. The average molecular weight is 828 g/mol. The Kier molecular flexibility index (Phi) is 9.60. The van der Waals surface area contributed by atoms with Crippen molar-refractivity contribution in [3.8, 4) is 0 Å². The maximum atomic E-state index is 13.2. The number of nitrogens with one attached hydrogen (secondary N) is 2. The van der Waals surface area contributed by atoms with Crippen molar-refractivity contribution in [1.82, 2.24) is 4.98 Å². The van der Waals surface area contributed by atoms with Gasteiger partial charge >= 0.3 is 5.97 Å². The Bertz CT molecular complexity index is 1630. The second-order valence-electron chi connectivity index (χ2n) is 7.73. The van der Waals surface area contributed by atoms with Crippen molar-refractivity contribution in [2.24, 2.45) is 0 Å². The van der Waals surface area contributed by atoms with E-state index in [0.29, 0.717) is 39.7 Å². The molecule has 196 valence electrons. The molecule has 0 atom stereocenters. The topological polar surface area (TPSA) is 108 Å². The number of carbonyl (C=O) groups is 3. The summed E-state index contributed by atoms with van der Waals surface area (Å²) in [4.78, 5) is 42.0. The molecule has 38 heavy (non-hydrogen) atoms. The van der Waals surface area contributed by atoms with Crippen LogP contribution in [-0.2, 0) is 4.79 Å². The van der Waals surface area contributed by atoms with Crippen molar-refractivity contribution in [2.75, 3.05) is 16.4 Å². The van der Waals surface area contributed by atoms with E-state index in [0.717, 1.165) is 10.3 Å². The number of nitrogens with zero attached hydrogens (tertiary/aromatic N) is 1. The number of aromatic carboxylic acids is 1. The molecule has 0 saturated carbocycles. The molecule has 4 rings (SSSR count). The SMILES string of the molecule is Cc1ccc(NC(=O)CSc2nc3ccc(NC(=O)c4c(Br)c(Br)c(Br)c(Br)c4C(=O)O)cc3s2)cc1Cl. The minimum atomic E-state index is -1.26. The average Bonchev–Trinajstić information content (AvgIpc) is 3.27. The highest BCUT2D eigenvalue weighted by molar-refractivity contribution is 9.15. The summed E-state index contributed by atoms with van der Waals surface area (Å²) in [5.74, 6) is -1.89. The van der Waals surface area contributed by atoms with Gasteiger partial charge in [-0.25, -0.2) is 9.78 Å². The summed E-state index contributed by atoms with van der Waals surface area (Å²) in [6, 6.07) is 10.5. The monoisotopic (exact) mass is 823 g/mol. The van der Waals surface area contributed by atoms with Crippen molar-refractivity contribution >= 4 is 138 Å². The van der Waals surface area contributed by atoms with E-state index in [1.165, 1.54) is 23.1 Å². The van der Waals surface area contributed by atoms with Gasteiger partial charge in [0, 0.05) is 34.3 Å². The molecule has 0 aliphatic rings. The summed E-state index contributed by atoms with van der Waals surface area (Å²) in [5.41, 5.74) is 2.50. The predicted molar refractivity (Wildman–Crippen MR) is 167 cm³/mol. The standard InChI is InChI=1S/C24H14Br4ClN3O4S2/c1-9-2-3-10(6-12(9)29)30-15(33)8-37-24-32-13-5-4-11(7-14(13)38-24)31-22(34)16-17(23(35)36)19(26)21(28)20(27)18(16)25/h2-7H,8H2,1H3,(H,30,33)(H,31,34)(H,35,36). The second-order valence-corrected chi connectivity index (χ2v) is 13.6. The molecular weight excluding hydrogens is 813 g/mol. The van der Waals surface area contributed by atoms with Gasteiger partial charge in [-0.1, -0.05) is 29.4 Å². The van der Waals surface area contributed by atoms with Crippen LogP contribution in [0.1, 0.15) is 26.3 Å². The van der Waals surface area contributed by atoms with Crippen LogP contribution in [0.15, 0.2) is 58.6 Å². The fourth-order valence-electron chi connectivity index (χ4n) is 3.28. The minimum absolute atomic E-state index is 0.0408. The molecule has 0 aliphatic carbocycles. The largest absolute Gasteiger partial charge is 0.478 e. The number of halogens is 5. The van der Waals surface area contributed by atoms with E-state index < -0.39 is 11.9 Å². The lowest BCUT2D eigenvalue weighted by molar-refractivity contribution is -0.113. The number of hydrogen-bond donors (Lipinski definition) is 3. The summed E-state index contributed by atoms with van der Waals surface area (Å²) >= 11 is 22.1. The van der Waals surface area contributed by atoms with Crippen molar-refractivity contribution in [1.29, 1.82) is 0 Å².